The van der Waals surface area contributed by atoms with Crippen LogP contribution in [0.15, 0.2) is 24.3 Å². The Morgan fingerprint density at radius 1 is 1.19 bits per heavy atom. The summed E-state index contributed by atoms with van der Waals surface area (Å²) in [7, 11) is 0. The van der Waals surface area contributed by atoms with Crippen LogP contribution < -0.4 is 10.2 Å². The van der Waals surface area contributed by atoms with Crippen LogP contribution >= 0.6 is 11.6 Å². The van der Waals surface area contributed by atoms with Crippen molar-refractivity contribution in [3.8, 4) is 5.75 Å². The number of hydrogen-bond acceptors (Lipinski definition) is 4. The predicted octanol–water partition coefficient (Wildman–Crippen LogP) is 2.25. The molecular formula is C15H21ClN2O3. The average Bonchev–Trinajstić information content (AvgIpc) is 2.52. The second kappa shape index (κ2) is 8.87. The Bertz CT molecular complexity index is 433. The molecule has 1 aromatic rings. The lowest BCUT2D eigenvalue weighted by molar-refractivity contribution is -0.136. The molecule has 1 aliphatic rings. The number of amides is 1. The molecule has 0 aliphatic carbocycles. The zero-order valence-electron chi connectivity index (χ0n) is 12.0. The number of nitrogens with zero attached hydrogens (tertiary/aromatic N) is 1. The maximum absolute atomic E-state index is 11.5. The van der Waals surface area contributed by atoms with E-state index in [1.54, 1.807) is 24.3 Å². The minimum absolute atomic E-state index is 0.0780. The van der Waals surface area contributed by atoms with Crippen molar-refractivity contribution in [2.24, 2.45) is 0 Å². The van der Waals surface area contributed by atoms with Crippen LogP contribution in [0.25, 0.3) is 0 Å². The molecule has 0 unspecified atom stereocenters. The number of benzene rings is 1. The Morgan fingerprint density at radius 2 is 1.90 bits per heavy atom. The van der Waals surface area contributed by atoms with Crippen molar-refractivity contribution in [1.29, 1.82) is 0 Å². The summed E-state index contributed by atoms with van der Waals surface area (Å²) < 4.78 is 5.31. The third kappa shape index (κ3) is 6.33. The molecule has 0 saturated carbocycles. The van der Waals surface area contributed by atoms with Crippen LogP contribution in [0.3, 0.4) is 0 Å². The fourth-order valence-corrected chi connectivity index (χ4v) is 2.32. The maximum Gasteiger partial charge on any atom is 0.281 e. The molecule has 1 aliphatic heterocycles. The highest BCUT2D eigenvalue weighted by atomic mass is 35.5. The van der Waals surface area contributed by atoms with Crippen LogP contribution in [0.1, 0.15) is 19.3 Å². The number of nitrogens with one attached hydrogen (secondary N) is 1. The molecule has 116 valence electrons. The van der Waals surface area contributed by atoms with Crippen LogP contribution in [-0.4, -0.2) is 43.7 Å². The van der Waals surface area contributed by atoms with Gasteiger partial charge in [0.15, 0.2) is 6.61 Å². The van der Waals surface area contributed by atoms with Gasteiger partial charge in [0, 0.05) is 11.6 Å². The molecule has 21 heavy (non-hydrogen) atoms. The lowest BCUT2D eigenvalue weighted by atomic mass is 10.1. The molecule has 0 aromatic heterocycles. The maximum atomic E-state index is 11.5. The van der Waals surface area contributed by atoms with Crippen molar-refractivity contribution in [3.63, 3.8) is 0 Å². The Labute approximate surface area is 130 Å². The van der Waals surface area contributed by atoms with Crippen molar-refractivity contribution in [2.45, 2.75) is 19.3 Å². The van der Waals surface area contributed by atoms with Gasteiger partial charge in [-0.1, -0.05) is 18.0 Å². The van der Waals surface area contributed by atoms with Crippen LogP contribution in [0, 0.1) is 0 Å². The van der Waals surface area contributed by atoms with Gasteiger partial charge in [0.2, 0.25) is 0 Å². The number of likely N-dealkylation sites (tertiary alicyclic amines) is 1. The molecule has 0 atom stereocenters. The van der Waals surface area contributed by atoms with Gasteiger partial charge in [0.05, 0.1) is 6.61 Å². The van der Waals surface area contributed by atoms with Crippen LogP contribution in [-0.2, 0) is 9.63 Å². The lowest BCUT2D eigenvalue weighted by Gasteiger charge is -2.25. The van der Waals surface area contributed by atoms with E-state index in [0.29, 0.717) is 17.4 Å². The topological polar surface area (TPSA) is 50.8 Å². The van der Waals surface area contributed by atoms with E-state index in [4.69, 9.17) is 21.2 Å². The smallest absolute Gasteiger partial charge is 0.281 e. The standard InChI is InChI=1S/C15H21ClN2O3/c16-13-4-6-14(7-5-13)20-12-15(19)17-21-11-10-18-8-2-1-3-9-18/h4-7H,1-3,8-12H2,(H,17,19). The Balaban J connectivity index is 1.54. The SMILES string of the molecule is O=C(COc1ccc(Cl)cc1)NOCCN1CCCCC1. The molecule has 1 heterocycles. The van der Waals surface area contributed by atoms with Crippen molar-refractivity contribution >= 4 is 17.5 Å². The Kier molecular flexibility index (Phi) is 6.79. The van der Waals surface area contributed by atoms with Gasteiger partial charge in [-0.15, -0.1) is 0 Å². The monoisotopic (exact) mass is 312 g/mol. The Hall–Kier alpha value is -1.30. The molecule has 1 fully saturated rings. The highest BCUT2D eigenvalue weighted by Crippen LogP contribution is 2.15. The summed E-state index contributed by atoms with van der Waals surface area (Å²) in [4.78, 5) is 19.0. The summed E-state index contributed by atoms with van der Waals surface area (Å²) >= 11 is 5.76. The molecule has 0 spiro atoms. The van der Waals surface area contributed by atoms with Crippen molar-refractivity contribution in [2.75, 3.05) is 32.8 Å². The van der Waals surface area contributed by atoms with Crippen molar-refractivity contribution in [1.82, 2.24) is 10.4 Å². The average molecular weight is 313 g/mol. The zero-order valence-corrected chi connectivity index (χ0v) is 12.8. The number of carbonyl (C=O) groups excluding carboxylic acids is 1. The van der Waals surface area contributed by atoms with E-state index < -0.39 is 0 Å². The first-order valence-electron chi connectivity index (χ1n) is 7.25. The fourth-order valence-electron chi connectivity index (χ4n) is 2.20. The summed E-state index contributed by atoms with van der Waals surface area (Å²) in [6.07, 6.45) is 3.82. The van der Waals surface area contributed by atoms with E-state index in [1.165, 1.54) is 19.3 Å². The second-order valence-corrected chi connectivity index (χ2v) is 5.46. The number of ether oxygens (including phenoxy) is 1. The van der Waals surface area contributed by atoms with E-state index in [9.17, 15) is 4.79 Å². The lowest BCUT2D eigenvalue weighted by Crippen LogP contribution is -2.36. The van der Waals surface area contributed by atoms with E-state index in [-0.39, 0.29) is 12.5 Å². The molecule has 1 aromatic carbocycles. The molecule has 1 N–H and O–H groups in total. The molecule has 1 saturated heterocycles. The summed E-state index contributed by atoms with van der Waals surface area (Å²) in [5.41, 5.74) is 2.39. The van der Waals surface area contributed by atoms with Crippen LogP contribution in [0.5, 0.6) is 5.75 Å². The largest absolute Gasteiger partial charge is 0.484 e. The summed E-state index contributed by atoms with van der Waals surface area (Å²) in [6, 6.07) is 6.85. The van der Waals surface area contributed by atoms with Gasteiger partial charge in [-0.25, -0.2) is 5.48 Å². The first kappa shape index (κ1) is 16.1. The number of hydrogen-bond donors (Lipinski definition) is 1. The number of rotatable bonds is 7. The van der Waals surface area contributed by atoms with Crippen LogP contribution in [0.4, 0.5) is 0 Å². The molecule has 0 radical (unpaired) electrons. The summed E-state index contributed by atoms with van der Waals surface area (Å²) in [6.45, 7) is 3.50. The zero-order chi connectivity index (χ0) is 14.9. The van der Waals surface area contributed by atoms with E-state index in [0.717, 1.165) is 19.6 Å². The summed E-state index contributed by atoms with van der Waals surface area (Å²) in [5, 5.41) is 0.632. The quantitative estimate of drug-likeness (QED) is 0.620. The van der Waals surface area contributed by atoms with E-state index in [2.05, 4.69) is 10.4 Å². The minimum atomic E-state index is -0.302. The molecule has 1 amide bonds. The number of hydroxylamine groups is 1. The molecule has 6 heteroatoms. The van der Waals surface area contributed by atoms with Gasteiger partial charge >= 0.3 is 0 Å². The number of piperidine rings is 1. The van der Waals surface area contributed by atoms with Crippen molar-refractivity contribution in [3.05, 3.63) is 29.3 Å². The molecule has 0 bridgehead atoms. The minimum Gasteiger partial charge on any atom is -0.484 e. The van der Waals surface area contributed by atoms with Gasteiger partial charge in [0.25, 0.3) is 5.91 Å². The molecular weight excluding hydrogens is 292 g/mol. The molecule has 2 rings (SSSR count). The van der Waals surface area contributed by atoms with Gasteiger partial charge in [-0.2, -0.15) is 0 Å². The normalized spacial score (nSPS) is 15.7. The number of halogens is 1. The first-order chi connectivity index (χ1) is 10.2. The van der Waals surface area contributed by atoms with Gasteiger partial charge in [-0.05, 0) is 50.2 Å². The van der Waals surface area contributed by atoms with Gasteiger partial charge < -0.3 is 9.64 Å². The van der Waals surface area contributed by atoms with Gasteiger partial charge in [-0.3, -0.25) is 9.63 Å². The van der Waals surface area contributed by atoms with Crippen molar-refractivity contribution < 1.29 is 14.4 Å². The third-order valence-electron chi connectivity index (χ3n) is 3.33. The van der Waals surface area contributed by atoms with E-state index in [1.807, 2.05) is 0 Å². The highest BCUT2D eigenvalue weighted by Gasteiger charge is 2.09. The molecule has 5 nitrogen and oxygen atoms in total. The predicted molar refractivity (Wildman–Crippen MR) is 81.3 cm³/mol. The summed E-state index contributed by atoms with van der Waals surface area (Å²) in [5.74, 6) is 0.298. The van der Waals surface area contributed by atoms with Gasteiger partial charge in [0.1, 0.15) is 5.75 Å². The number of carbonyl (C=O) groups is 1. The Morgan fingerprint density at radius 3 is 2.62 bits per heavy atom. The first-order valence-corrected chi connectivity index (χ1v) is 7.63. The second-order valence-electron chi connectivity index (χ2n) is 5.02. The van der Waals surface area contributed by atoms with Crippen LogP contribution in [0.2, 0.25) is 5.02 Å². The third-order valence-corrected chi connectivity index (χ3v) is 3.58. The highest BCUT2D eigenvalue weighted by molar-refractivity contribution is 6.30. The fraction of sp³-hybridized carbons (Fsp3) is 0.533. The van der Waals surface area contributed by atoms with E-state index >= 15 is 0 Å².